The van der Waals surface area contributed by atoms with E-state index >= 15 is 0 Å². The highest BCUT2D eigenvalue weighted by molar-refractivity contribution is 5.98. The van der Waals surface area contributed by atoms with Crippen molar-refractivity contribution in [2.75, 3.05) is 0 Å². The van der Waals surface area contributed by atoms with Gasteiger partial charge in [-0.3, -0.25) is 4.79 Å². The molecule has 2 nitrogen and oxygen atoms in total. The number of rotatable bonds is 10. The average Bonchev–Trinajstić information content (AvgIpc) is 3.54. The number of Topliss-reactive ketones (excluding diaryl/α,β-unsaturated/α-hetero) is 1. The average molecular weight is 459 g/mol. The first kappa shape index (κ1) is 24.8. The molecule has 0 heterocycles. The molecule has 2 atom stereocenters. The van der Waals surface area contributed by atoms with Crippen molar-refractivity contribution in [2.24, 2.45) is 17.8 Å². The van der Waals surface area contributed by atoms with Gasteiger partial charge in [0.05, 0.1) is 0 Å². The third kappa shape index (κ3) is 6.01. The maximum atomic E-state index is 13.5. The number of ketones is 1. The smallest absolute Gasteiger partial charge is 0.166 e. The largest absolute Gasteiger partial charge is 0.508 e. The van der Waals surface area contributed by atoms with Crippen molar-refractivity contribution in [3.05, 3.63) is 76.9 Å². The molecule has 2 aliphatic carbocycles. The van der Waals surface area contributed by atoms with Gasteiger partial charge in [-0.2, -0.15) is 0 Å². The standard InChI is InChI=1S/C32H42O2/c1-22-12-16-27(17-13-22)32(34)29(25-8-4-5-9-25)19-14-23(2)20-31(26-10-6-7-11-26)30-21-28(33)18-15-24(30)3/h12-13,15-18,21,25-26,29,31,33H,2,4-11,14,19-20H2,1,3H3. The maximum absolute atomic E-state index is 13.5. The Morgan fingerprint density at radius 2 is 1.56 bits per heavy atom. The van der Waals surface area contributed by atoms with Crippen LogP contribution in [0.2, 0.25) is 0 Å². The summed E-state index contributed by atoms with van der Waals surface area (Å²) in [5, 5.41) is 10.2. The van der Waals surface area contributed by atoms with Gasteiger partial charge in [0.1, 0.15) is 5.75 Å². The molecular formula is C32H42O2. The molecule has 2 fully saturated rings. The predicted molar refractivity (Wildman–Crippen MR) is 141 cm³/mol. The quantitative estimate of drug-likeness (QED) is 0.285. The van der Waals surface area contributed by atoms with Crippen molar-refractivity contribution in [3.8, 4) is 5.75 Å². The first-order valence-corrected chi connectivity index (χ1v) is 13.5. The Bertz CT molecular complexity index is 975. The van der Waals surface area contributed by atoms with Crippen molar-refractivity contribution in [1.29, 1.82) is 0 Å². The van der Waals surface area contributed by atoms with Gasteiger partial charge < -0.3 is 5.11 Å². The van der Waals surface area contributed by atoms with E-state index in [0.29, 0.717) is 29.3 Å². The van der Waals surface area contributed by atoms with Crippen LogP contribution in [-0.2, 0) is 0 Å². The van der Waals surface area contributed by atoms with Crippen molar-refractivity contribution < 1.29 is 9.90 Å². The maximum Gasteiger partial charge on any atom is 0.166 e. The van der Waals surface area contributed by atoms with E-state index in [1.807, 2.05) is 24.3 Å². The third-order valence-electron chi connectivity index (χ3n) is 8.59. The first-order valence-electron chi connectivity index (χ1n) is 13.5. The highest BCUT2D eigenvalue weighted by Gasteiger charge is 2.32. The Morgan fingerprint density at radius 3 is 2.21 bits per heavy atom. The van der Waals surface area contributed by atoms with E-state index in [0.717, 1.165) is 24.8 Å². The fourth-order valence-corrected chi connectivity index (χ4v) is 6.56. The number of phenols is 1. The zero-order valence-electron chi connectivity index (χ0n) is 21.2. The Morgan fingerprint density at radius 1 is 0.941 bits per heavy atom. The molecule has 0 radical (unpaired) electrons. The molecule has 34 heavy (non-hydrogen) atoms. The highest BCUT2D eigenvalue weighted by atomic mass is 16.3. The van der Waals surface area contributed by atoms with Crippen LogP contribution in [0.4, 0.5) is 0 Å². The van der Waals surface area contributed by atoms with Crippen LogP contribution in [0.15, 0.2) is 54.6 Å². The van der Waals surface area contributed by atoms with E-state index in [1.54, 1.807) is 6.07 Å². The van der Waals surface area contributed by atoms with Crippen LogP contribution < -0.4 is 0 Å². The number of aryl methyl sites for hydroxylation is 2. The molecule has 0 spiro atoms. The van der Waals surface area contributed by atoms with Crippen LogP contribution in [0.25, 0.3) is 0 Å². The van der Waals surface area contributed by atoms with Crippen molar-refractivity contribution in [3.63, 3.8) is 0 Å². The van der Waals surface area contributed by atoms with Gasteiger partial charge in [-0.05, 0) is 99.8 Å². The lowest BCUT2D eigenvalue weighted by Gasteiger charge is -2.28. The monoisotopic (exact) mass is 458 g/mol. The number of allylic oxidation sites excluding steroid dienone is 1. The van der Waals surface area contributed by atoms with Crippen LogP contribution in [0.1, 0.15) is 104 Å². The number of aromatic hydroxyl groups is 1. The number of carbonyl (C=O) groups is 1. The highest BCUT2D eigenvalue weighted by Crippen LogP contribution is 2.44. The van der Waals surface area contributed by atoms with Gasteiger partial charge in [-0.1, -0.05) is 73.7 Å². The summed E-state index contributed by atoms with van der Waals surface area (Å²) in [5.41, 5.74) is 5.88. The molecule has 0 aliphatic heterocycles. The molecule has 4 rings (SSSR count). The normalized spacial score (nSPS) is 18.8. The van der Waals surface area contributed by atoms with E-state index < -0.39 is 0 Å². The van der Waals surface area contributed by atoms with Gasteiger partial charge in [0, 0.05) is 11.5 Å². The van der Waals surface area contributed by atoms with E-state index in [1.165, 1.54) is 73.6 Å². The second kappa shape index (κ2) is 11.4. The summed E-state index contributed by atoms with van der Waals surface area (Å²) in [6.07, 6.45) is 12.8. The fraction of sp³-hybridized carbons (Fsp3) is 0.531. The predicted octanol–water partition coefficient (Wildman–Crippen LogP) is 8.70. The van der Waals surface area contributed by atoms with Crippen LogP contribution in [0.3, 0.4) is 0 Å². The van der Waals surface area contributed by atoms with Gasteiger partial charge in [0.2, 0.25) is 0 Å². The van der Waals surface area contributed by atoms with Crippen molar-refractivity contribution in [2.45, 2.75) is 90.4 Å². The molecule has 182 valence electrons. The number of carbonyl (C=O) groups excluding carboxylic acids is 1. The van der Waals surface area contributed by atoms with Crippen molar-refractivity contribution >= 4 is 5.78 Å². The Hall–Kier alpha value is -2.35. The Balaban J connectivity index is 1.47. The van der Waals surface area contributed by atoms with Crippen LogP contribution in [-0.4, -0.2) is 10.9 Å². The molecule has 1 N–H and O–H groups in total. The summed E-state index contributed by atoms with van der Waals surface area (Å²) in [7, 11) is 0. The number of hydrogen-bond donors (Lipinski definition) is 1. The minimum absolute atomic E-state index is 0.106. The first-order chi connectivity index (χ1) is 16.4. The molecule has 0 bridgehead atoms. The van der Waals surface area contributed by atoms with Crippen LogP contribution in [0, 0.1) is 31.6 Å². The third-order valence-corrected chi connectivity index (χ3v) is 8.59. The van der Waals surface area contributed by atoms with E-state index in [4.69, 9.17) is 0 Å². The minimum atomic E-state index is 0.106. The second-order valence-corrected chi connectivity index (χ2v) is 11.1. The SMILES string of the molecule is C=C(CCC(C(=O)c1ccc(C)cc1)C1CCCC1)CC(c1cc(O)ccc1C)C1CCCC1. The van der Waals surface area contributed by atoms with E-state index in [-0.39, 0.29) is 5.92 Å². The summed E-state index contributed by atoms with van der Waals surface area (Å²) >= 11 is 0. The van der Waals surface area contributed by atoms with Crippen molar-refractivity contribution in [1.82, 2.24) is 0 Å². The summed E-state index contributed by atoms with van der Waals surface area (Å²) in [6, 6.07) is 14.0. The van der Waals surface area contributed by atoms with Crippen LogP contribution >= 0.6 is 0 Å². The molecule has 0 aromatic heterocycles. The van der Waals surface area contributed by atoms with Gasteiger partial charge >= 0.3 is 0 Å². The van der Waals surface area contributed by atoms with E-state index in [2.05, 4.69) is 32.6 Å². The molecule has 2 aromatic rings. The summed E-state index contributed by atoms with van der Waals surface area (Å²) < 4.78 is 0. The summed E-state index contributed by atoms with van der Waals surface area (Å²) in [6.45, 7) is 8.75. The molecule has 2 unspecified atom stereocenters. The summed E-state index contributed by atoms with van der Waals surface area (Å²) in [4.78, 5) is 13.5. The molecule has 2 aliphatic rings. The molecule has 2 aromatic carbocycles. The fourth-order valence-electron chi connectivity index (χ4n) is 6.56. The Kier molecular flexibility index (Phi) is 8.29. The minimum Gasteiger partial charge on any atom is -0.508 e. The second-order valence-electron chi connectivity index (χ2n) is 11.1. The lowest BCUT2D eigenvalue weighted by Crippen LogP contribution is -2.23. The lowest BCUT2D eigenvalue weighted by atomic mass is 9.76. The molecular weight excluding hydrogens is 416 g/mol. The van der Waals surface area contributed by atoms with E-state index in [9.17, 15) is 9.90 Å². The lowest BCUT2D eigenvalue weighted by molar-refractivity contribution is 0.0863. The molecule has 2 saturated carbocycles. The molecule has 0 saturated heterocycles. The zero-order valence-corrected chi connectivity index (χ0v) is 21.2. The van der Waals surface area contributed by atoms with Gasteiger partial charge in [-0.25, -0.2) is 0 Å². The van der Waals surface area contributed by atoms with Crippen LogP contribution in [0.5, 0.6) is 5.75 Å². The Labute approximate surface area is 206 Å². The van der Waals surface area contributed by atoms with Gasteiger partial charge in [0.15, 0.2) is 5.78 Å². The number of hydrogen-bond acceptors (Lipinski definition) is 2. The van der Waals surface area contributed by atoms with Gasteiger partial charge in [-0.15, -0.1) is 0 Å². The number of phenolic OH excluding ortho intramolecular Hbond substituents is 1. The summed E-state index contributed by atoms with van der Waals surface area (Å²) in [5.74, 6) is 2.39. The molecule has 2 heteroatoms. The number of benzene rings is 2. The zero-order chi connectivity index (χ0) is 24.1. The van der Waals surface area contributed by atoms with Gasteiger partial charge in [0.25, 0.3) is 0 Å². The molecule has 0 amide bonds. The topological polar surface area (TPSA) is 37.3 Å².